The number of hydrogen-bond donors (Lipinski definition) is 2. The van der Waals surface area contributed by atoms with Gasteiger partial charge in [0.1, 0.15) is 30.1 Å². The highest BCUT2D eigenvalue weighted by atomic mass is 35.5. The maximum Gasteiger partial charge on any atom is 0.141 e. The summed E-state index contributed by atoms with van der Waals surface area (Å²) in [6.07, 6.45) is -0.779. The summed E-state index contributed by atoms with van der Waals surface area (Å²) in [5, 5.41) is 12.7. The zero-order valence-corrected chi connectivity index (χ0v) is 11.8. The van der Waals surface area contributed by atoms with E-state index >= 15 is 0 Å². The van der Waals surface area contributed by atoms with E-state index in [1.54, 1.807) is 0 Å². The average Bonchev–Trinajstić information content (AvgIpc) is 2.48. The predicted octanol–water partition coefficient (Wildman–Crippen LogP) is 3.47. The van der Waals surface area contributed by atoms with Crippen molar-refractivity contribution in [2.24, 2.45) is 0 Å². The largest absolute Gasteiger partial charge is 0.491 e. The summed E-state index contributed by atoms with van der Waals surface area (Å²) in [6.45, 7) is 0.261. The van der Waals surface area contributed by atoms with Gasteiger partial charge in [0.2, 0.25) is 0 Å². The Balaban J connectivity index is 1.77. The predicted molar refractivity (Wildman–Crippen MR) is 77.8 cm³/mol. The molecule has 0 aromatic heterocycles. The van der Waals surface area contributed by atoms with Crippen LogP contribution in [-0.2, 0) is 0 Å². The molecule has 0 radical (unpaired) electrons. The van der Waals surface area contributed by atoms with E-state index in [2.05, 4.69) is 5.32 Å². The Labute approximate surface area is 126 Å². The van der Waals surface area contributed by atoms with E-state index in [9.17, 15) is 13.9 Å². The van der Waals surface area contributed by atoms with E-state index < -0.39 is 11.9 Å². The van der Waals surface area contributed by atoms with Crippen molar-refractivity contribution < 1.29 is 18.6 Å². The van der Waals surface area contributed by atoms with Gasteiger partial charge in [-0.1, -0.05) is 11.6 Å². The molecular formula is C15H14ClF2NO2. The zero-order valence-electron chi connectivity index (χ0n) is 11.0. The Hall–Kier alpha value is -1.85. The molecular weight excluding hydrogens is 300 g/mol. The Morgan fingerprint density at radius 2 is 1.86 bits per heavy atom. The minimum atomic E-state index is -0.779. The van der Waals surface area contributed by atoms with Gasteiger partial charge >= 0.3 is 0 Å². The summed E-state index contributed by atoms with van der Waals surface area (Å²) in [7, 11) is 0. The van der Waals surface area contributed by atoms with Crippen molar-refractivity contribution in [2.45, 2.75) is 6.10 Å². The number of halogens is 3. The summed E-state index contributed by atoms with van der Waals surface area (Å²) in [5.74, 6) is -0.375. The van der Waals surface area contributed by atoms with Gasteiger partial charge < -0.3 is 15.2 Å². The molecule has 2 N–H and O–H groups in total. The summed E-state index contributed by atoms with van der Waals surface area (Å²) >= 11 is 5.65. The van der Waals surface area contributed by atoms with E-state index in [1.807, 2.05) is 0 Å². The van der Waals surface area contributed by atoms with E-state index in [-0.39, 0.29) is 24.0 Å². The lowest BCUT2D eigenvalue weighted by Crippen LogP contribution is -2.26. The zero-order chi connectivity index (χ0) is 15.2. The molecule has 2 rings (SSSR count). The van der Waals surface area contributed by atoms with Gasteiger partial charge in [0, 0.05) is 12.2 Å². The second kappa shape index (κ2) is 7.24. The van der Waals surface area contributed by atoms with Crippen molar-refractivity contribution >= 4 is 17.3 Å². The molecule has 0 saturated heterocycles. The van der Waals surface area contributed by atoms with Crippen LogP contribution in [-0.4, -0.2) is 24.4 Å². The Morgan fingerprint density at radius 1 is 1.14 bits per heavy atom. The van der Waals surface area contributed by atoms with Crippen LogP contribution in [0.3, 0.4) is 0 Å². The first kappa shape index (κ1) is 15.5. The van der Waals surface area contributed by atoms with Crippen molar-refractivity contribution in [1.29, 1.82) is 0 Å². The van der Waals surface area contributed by atoms with Crippen LogP contribution in [0.4, 0.5) is 14.5 Å². The molecule has 0 aliphatic rings. The van der Waals surface area contributed by atoms with Gasteiger partial charge in [0.05, 0.1) is 5.02 Å². The Kier molecular flexibility index (Phi) is 5.36. The summed E-state index contributed by atoms with van der Waals surface area (Å²) in [4.78, 5) is 0. The monoisotopic (exact) mass is 313 g/mol. The van der Waals surface area contributed by atoms with Gasteiger partial charge in [-0.05, 0) is 42.5 Å². The Bertz CT molecular complexity index is 593. The van der Waals surface area contributed by atoms with Crippen LogP contribution in [0.1, 0.15) is 0 Å². The molecule has 2 aromatic rings. The fraction of sp³-hybridized carbons (Fsp3) is 0.200. The fourth-order valence-corrected chi connectivity index (χ4v) is 1.80. The SMILES string of the molecule is OC(CNc1ccc(F)c(Cl)c1)COc1ccc(F)cc1. The molecule has 2 aromatic carbocycles. The van der Waals surface area contributed by atoms with E-state index in [0.29, 0.717) is 11.4 Å². The van der Waals surface area contributed by atoms with Gasteiger partial charge in [-0.2, -0.15) is 0 Å². The van der Waals surface area contributed by atoms with Crippen LogP contribution in [0.5, 0.6) is 5.75 Å². The van der Waals surface area contributed by atoms with Crippen LogP contribution in [0.15, 0.2) is 42.5 Å². The van der Waals surface area contributed by atoms with Crippen molar-refractivity contribution in [2.75, 3.05) is 18.5 Å². The first-order valence-corrected chi connectivity index (χ1v) is 6.68. The van der Waals surface area contributed by atoms with Gasteiger partial charge in [0.25, 0.3) is 0 Å². The maximum absolute atomic E-state index is 13.0. The molecule has 3 nitrogen and oxygen atoms in total. The minimum absolute atomic E-state index is 0.0112. The smallest absolute Gasteiger partial charge is 0.141 e. The third-order valence-electron chi connectivity index (χ3n) is 2.72. The van der Waals surface area contributed by atoms with Crippen molar-refractivity contribution in [1.82, 2.24) is 0 Å². The minimum Gasteiger partial charge on any atom is -0.491 e. The molecule has 0 heterocycles. The molecule has 0 saturated carbocycles. The highest BCUT2D eigenvalue weighted by molar-refractivity contribution is 6.31. The topological polar surface area (TPSA) is 41.5 Å². The number of anilines is 1. The third-order valence-corrected chi connectivity index (χ3v) is 3.01. The summed E-state index contributed by atoms with van der Waals surface area (Å²) < 4.78 is 31.0. The first-order chi connectivity index (χ1) is 10.0. The third kappa shape index (κ3) is 4.88. The van der Waals surface area contributed by atoms with Crippen LogP contribution in [0.25, 0.3) is 0 Å². The van der Waals surface area contributed by atoms with Gasteiger partial charge in [-0.25, -0.2) is 8.78 Å². The number of aliphatic hydroxyl groups excluding tert-OH is 1. The molecule has 0 aliphatic carbocycles. The Morgan fingerprint density at radius 3 is 2.52 bits per heavy atom. The van der Waals surface area contributed by atoms with Crippen LogP contribution >= 0.6 is 11.6 Å². The molecule has 21 heavy (non-hydrogen) atoms. The van der Waals surface area contributed by atoms with E-state index in [1.165, 1.54) is 42.5 Å². The van der Waals surface area contributed by atoms with Crippen LogP contribution < -0.4 is 10.1 Å². The maximum atomic E-state index is 13.0. The molecule has 0 spiro atoms. The number of rotatable bonds is 6. The molecule has 6 heteroatoms. The molecule has 1 atom stereocenters. The van der Waals surface area contributed by atoms with E-state index in [0.717, 1.165) is 0 Å². The highest BCUT2D eigenvalue weighted by Crippen LogP contribution is 2.19. The summed E-state index contributed by atoms with van der Waals surface area (Å²) in [6, 6.07) is 9.72. The molecule has 1 unspecified atom stereocenters. The van der Waals surface area contributed by atoms with Crippen molar-refractivity contribution in [3.63, 3.8) is 0 Å². The number of hydrogen-bond acceptors (Lipinski definition) is 3. The van der Waals surface area contributed by atoms with Crippen LogP contribution in [0, 0.1) is 11.6 Å². The van der Waals surface area contributed by atoms with Crippen molar-refractivity contribution in [3.8, 4) is 5.75 Å². The highest BCUT2D eigenvalue weighted by Gasteiger charge is 2.07. The fourth-order valence-electron chi connectivity index (χ4n) is 1.62. The first-order valence-electron chi connectivity index (χ1n) is 6.30. The lowest BCUT2D eigenvalue weighted by molar-refractivity contribution is 0.117. The van der Waals surface area contributed by atoms with Crippen molar-refractivity contribution in [3.05, 3.63) is 59.1 Å². The molecule has 112 valence electrons. The molecule has 0 bridgehead atoms. The number of ether oxygens (including phenoxy) is 1. The average molecular weight is 314 g/mol. The number of aliphatic hydroxyl groups is 1. The number of benzene rings is 2. The second-order valence-electron chi connectivity index (χ2n) is 4.43. The van der Waals surface area contributed by atoms with Gasteiger partial charge in [0.15, 0.2) is 0 Å². The molecule has 0 aliphatic heterocycles. The molecule has 0 fully saturated rings. The molecule has 0 amide bonds. The lowest BCUT2D eigenvalue weighted by atomic mass is 10.3. The van der Waals surface area contributed by atoms with Gasteiger partial charge in [-0.3, -0.25) is 0 Å². The lowest BCUT2D eigenvalue weighted by Gasteiger charge is -2.14. The van der Waals surface area contributed by atoms with Crippen LogP contribution in [0.2, 0.25) is 5.02 Å². The summed E-state index contributed by atoms with van der Waals surface area (Å²) in [5.41, 5.74) is 0.599. The standard InChI is InChI=1S/C15H14ClF2NO2/c16-14-7-11(3-6-15(14)18)19-8-12(20)9-21-13-4-1-10(17)2-5-13/h1-7,12,19-20H,8-9H2. The number of nitrogens with one attached hydrogen (secondary N) is 1. The van der Waals surface area contributed by atoms with E-state index in [4.69, 9.17) is 16.3 Å². The normalized spacial score (nSPS) is 12.0. The quantitative estimate of drug-likeness (QED) is 0.858. The second-order valence-corrected chi connectivity index (χ2v) is 4.84. The van der Waals surface area contributed by atoms with Gasteiger partial charge in [-0.15, -0.1) is 0 Å².